The van der Waals surface area contributed by atoms with Crippen LogP contribution in [0.5, 0.6) is 0 Å². The zero-order chi connectivity index (χ0) is 19.0. The third kappa shape index (κ3) is 3.50. The lowest BCUT2D eigenvalue weighted by molar-refractivity contribution is -0.175. The molecule has 0 radical (unpaired) electrons. The molecule has 2 aromatic rings. The van der Waals surface area contributed by atoms with Gasteiger partial charge in [-0.15, -0.1) is 11.3 Å². The van der Waals surface area contributed by atoms with Crippen molar-refractivity contribution in [2.45, 2.75) is 26.3 Å². The molecule has 27 heavy (non-hydrogen) atoms. The van der Waals surface area contributed by atoms with Gasteiger partial charge in [0, 0.05) is 11.9 Å². The van der Waals surface area contributed by atoms with E-state index in [4.69, 9.17) is 4.84 Å². The first-order valence-electron chi connectivity index (χ1n) is 8.86. The van der Waals surface area contributed by atoms with Crippen LogP contribution in [0, 0.1) is 12.8 Å². The van der Waals surface area contributed by atoms with Gasteiger partial charge in [-0.2, -0.15) is 0 Å². The molecule has 1 aromatic carbocycles. The second kappa shape index (κ2) is 7.21. The zero-order valence-corrected chi connectivity index (χ0v) is 15.7. The molecule has 7 nitrogen and oxygen atoms in total. The molecule has 0 N–H and O–H groups in total. The number of piperidine rings is 1. The van der Waals surface area contributed by atoms with E-state index in [9.17, 15) is 14.4 Å². The van der Waals surface area contributed by atoms with E-state index in [1.54, 1.807) is 35.6 Å². The fourth-order valence-corrected chi connectivity index (χ4v) is 4.06. The fourth-order valence-electron chi connectivity index (χ4n) is 3.45. The molecule has 140 valence electrons. The number of aromatic nitrogens is 1. The van der Waals surface area contributed by atoms with Gasteiger partial charge in [-0.25, -0.2) is 9.78 Å². The highest BCUT2D eigenvalue weighted by Crippen LogP contribution is 2.26. The van der Waals surface area contributed by atoms with Crippen LogP contribution < -0.4 is 0 Å². The number of hydroxylamine groups is 2. The van der Waals surface area contributed by atoms with Gasteiger partial charge in [0.2, 0.25) is 0 Å². The topological polar surface area (TPSA) is 79.8 Å². The number of nitrogens with zero attached hydrogens (tertiary/aromatic N) is 3. The van der Waals surface area contributed by atoms with Crippen molar-refractivity contribution in [3.8, 4) is 0 Å². The number of rotatable bonds is 4. The molecule has 1 aromatic heterocycles. The van der Waals surface area contributed by atoms with Crippen molar-refractivity contribution < 1.29 is 19.2 Å². The molecule has 4 rings (SSSR count). The minimum absolute atomic E-state index is 0.267. The minimum Gasteiger partial charge on any atom is -0.329 e. The molecule has 1 fully saturated rings. The third-order valence-electron chi connectivity index (χ3n) is 4.91. The number of benzene rings is 1. The molecule has 2 amide bonds. The lowest BCUT2D eigenvalue weighted by Gasteiger charge is -2.30. The number of hydrogen-bond acceptors (Lipinski definition) is 7. The van der Waals surface area contributed by atoms with Crippen molar-refractivity contribution in [1.82, 2.24) is 14.9 Å². The van der Waals surface area contributed by atoms with Gasteiger partial charge in [-0.3, -0.25) is 14.5 Å². The Kier molecular flexibility index (Phi) is 4.75. The maximum absolute atomic E-state index is 12.5. The van der Waals surface area contributed by atoms with Gasteiger partial charge in [0.15, 0.2) is 0 Å². The van der Waals surface area contributed by atoms with E-state index in [0.717, 1.165) is 30.3 Å². The molecule has 3 heterocycles. The maximum atomic E-state index is 12.5. The first-order chi connectivity index (χ1) is 13.0. The summed E-state index contributed by atoms with van der Waals surface area (Å²) >= 11 is 1.63. The van der Waals surface area contributed by atoms with Gasteiger partial charge in [-0.1, -0.05) is 17.2 Å². The lowest BCUT2D eigenvalue weighted by Crippen LogP contribution is -2.40. The van der Waals surface area contributed by atoms with Crippen LogP contribution in [0.15, 0.2) is 29.6 Å². The summed E-state index contributed by atoms with van der Waals surface area (Å²) in [5.74, 6) is -2.00. The van der Waals surface area contributed by atoms with Crippen molar-refractivity contribution in [3.05, 3.63) is 51.5 Å². The van der Waals surface area contributed by atoms with Crippen molar-refractivity contribution in [2.24, 2.45) is 5.92 Å². The first-order valence-corrected chi connectivity index (χ1v) is 9.74. The molecule has 2 aliphatic rings. The minimum atomic E-state index is -0.583. The number of aryl methyl sites for hydroxylation is 1. The van der Waals surface area contributed by atoms with Crippen LogP contribution >= 0.6 is 11.3 Å². The predicted molar refractivity (Wildman–Crippen MR) is 97.9 cm³/mol. The Labute approximate surface area is 160 Å². The van der Waals surface area contributed by atoms with E-state index >= 15 is 0 Å². The molecule has 1 saturated heterocycles. The smallest absolute Gasteiger partial charge is 0.329 e. The number of amides is 2. The average molecular weight is 385 g/mol. The Morgan fingerprint density at radius 3 is 2.37 bits per heavy atom. The summed E-state index contributed by atoms with van der Waals surface area (Å²) in [6.45, 7) is 4.25. The summed E-state index contributed by atoms with van der Waals surface area (Å²) in [7, 11) is 0. The SMILES string of the molecule is Cc1nc(CN2CCC(C(=O)ON3C(=O)c4ccccc4C3=O)CC2)cs1. The first kappa shape index (κ1) is 17.8. The van der Waals surface area contributed by atoms with Gasteiger partial charge in [0.1, 0.15) is 0 Å². The van der Waals surface area contributed by atoms with E-state index in [2.05, 4.69) is 15.3 Å². The monoisotopic (exact) mass is 385 g/mol. The molecule has 0 saturated carbocycles. The standard InChI is InChI=1S/C19H19N3O4S/c1-12-20-14(11-27-12)10-21-8-6-13(7-9-21)19(25)26-22-17(23)15-4-2-3-5-16(15)18(22)24/h2-5,11,13H,6-10H2,1H3. The molecule has 2 aliphatic heterocycles. The summed E-state index contributed by atoms with van der Waals surface area (Å²) in [5, 5.41) is 3.69. The maximum Gasteiger partial charge on any atom is 0.336 e. The summed E-state index contributed by atoms with van der Waals surface area (Å²) in [4.78, 5) is 49.0. The number of carbonyl (C=O) groups excluding carboxylic acids is 3. The highest BCUT2D eigenvalue weighted by Gasteiger charge is 2.40. The largest absolute Gasteiger partial charge is 0.336 e. The average Bonchev–Trinajstić information content (AvgIpc) is 3.19. The number of thiazole rings is 1. The van der Waals surface area contributed by atoms with Crippen LogP contribution in [0.3, 0.4) is 0 Å². The molecule has 8 heteroatoms. The Morgan fingerprint density at radius 2 is 1.81 bits per heavy atom. The van der Waals surface area contributed by atoms with Crippen molar-refractivity contribution in [2.75, 3.05) is 13.1 Å². The van der Waals surface area contributed by atoms with Crippen LogP contribution in [0.1, 0.15) is 44.3 Å². The molecule has 0 unspecified atom stereocenters. The van der Waals surface area contributed by atoms with Gasteiger partial charge in [-0.05, 0) is 45.0 Å². The van der Waals surface area contributed by atoms with E-state index in [0.29, 0.717) is 17.9 Å². The lowest BCUT2D eigenvalue weighted by atomic mass is 9.97. The fraction of sp³-hybridized carbons (Fsp3) is 0.368. The molecular weight excluding hydrogens is 366 g/mol. The van der Waals surface area contributed by atoms with Gasteiger partial charge in [0.25, 0.3) is 11.8 Å². The highest BCUT2D eigenvalue weighted by atomic mass is 32.1. The Hall–Kier alpha value is -2.58. The number of imide groups is 1. The number of likely N-dealkylation sites (tertiary alicyclic amines) is 1. The van der Waals surface area contributed by atoms with Crippen molar-refractivity contribution in [1.29, 1.82) is 0 Å². The quantitative estimate of drug-likeness (QED) is 0.752. The van der Waals surface area contributed by atoms with Crippen LogP contribution in [0.4, 0.5) is 0 Å². The molecule has 0 aliphatic carbocycles. The molecule has 0 bridgehead atoms. The van der Waals surface area contributed by atoms with Crippen molar-refractivity contribution in [3.63, 3.8) is 0 Å². The highest BCUT2D eigenvalue weighted by molar-refractivity contribution is 7.09. The van der Waals surface area contributed by atoms with Crippen molar-refractivity contribution >= 4 is 29.1 Å². The summed E-state index contributed by atoms with van der Waals surface area (Å²) in [6, 6.07) is 6.47. The van der Waals surface area contributed by atoms with Crippen LogP contribution in [-0.4, -0.2) is 45.8 Å². The Bertz CT molecular complexity index is 867. The second-order valence-corrected chi connectivity index (χ2v) is 7.83. The summed E-state index contributed by atoms with van der Waals surface area (Å²) < 4.78 is 0. The Morgan fingerprint density at radius 1 is 1.19 bits per heavy atom. The number of fused-ring (bicyclic) bond motifs is 1. The second-order valence-electron chi connectivity index (χ2n) is 6.77. The molecular formula is C19H19N3O4S. The molecule has 0 spiro atoms. The van der Waals surface area contributed by atoms with E-state index in [-0.39, 0.29) is 17.0 Å². The summed E-state index contributed by atoms with van der Waals surface area (Å²) in [5.41, 5.74) is 1.58. The molecule has 0 atom stereocenters. The van der Waals surface area contributed by atoms with Crippen LogP contribution in [-0.2, 0) is 16.2 Å². The van der Waals surface area contributed by atoms with E-state index in [1.165, 1.54) is 0 Å². The number of hydrogen-bond donors (Lipinski definition) is 0. The predicted octanol–water partition coefficient (Wildman–Crippen LogP) is 2.42. The van der Waals surface area contributed by atoms with Gasteiger partial charge in [0.05, 0.1) is 27.7 Å². The van der Waals surface area contributed by atoms with E-state index < -0.39 is 17.8 Å². The van der Waals surface area contributed by atoms with Crippen LogP contribution in [0.25, 0.3) is 0 Å². The van der Waals surface area contributed by atoms with Crippen LogP contribution in [0.2, 0.25) is 0 Å². The zero-order valence-electron chi connectivity index (χ0n) is 14.9. The van der Waals surface area contributed by atoms with E-state index in [1.807, 2.05) is 6.92 Å². The third-order valence-corrected chi connectivity index (χ3v) is 5.73. The normalized spacial score (nSPS) is 18.0. The van der Waals surface area contributed by atoms with Gasteiger partial charge >= 0.3 is 5.97 Å². The number of carbonyl (C=O) groups is 3. The van der Waals surface area contributed by atoms with Gasteiger partial charge < -0.3 is 4.84 Å². The Balaban J connectivity index is 1.32. The summed E-state index contributed by atoms with van der Waals surface area (Å²) in [6.07, 6.45) is 1.26.